The zero-order valence-corrected chi connectivity index (χ0v) is 26.3. The molecule has 0 bridgehead atoms. The van der Waals surface area contributed by atoms with Gasteiger partial charge in [0, 0.05) is 16.2 Å². The molecule has 41 heavy (non-hydrogen) atoms. The molecule has 0 spiro atoms. The number of rotatable bonds is 12. The van der Waals surface area contributed by atoms with Gasteiger partial charge < -0.3 is 15.0 Å². The molecule has 1 saturated carbocycles. The minimum Gasteiger partial charge on any atom is -0.497 e. The van der Waals surface area contributed by atoms with Crippen LogP contribution in [0.15, 0.2) is 83.8 Å². The van der Waals surface area contributed by atoms with Crippen LogP contribution >= 0.6 is 22.6 Å². The second-order valence-electron chi connectivity index (χ2n) is 10.1. The highest BCUT2D eigenvalue weighted by Gasteiger charge is 2.34. The summed E-state index contributed by atoms with van der Waals surface area (Å²) in [7, 11) is -2.52. The highest BCUT2D eigenvalue weighted by atomic mass is 127. The summed E-state index contributed by atoms with van der Waals surface area (Å²) in [5.41, 5.74) is 1.14. The number of hydrogen-bond acceptors (Lipinski definition) is 5. The number of methoxy groups -OCH3 is 1. The van der Waals surface area contributed by atoms with Crippen molar-refractivity contribution in [2.24, 2.45) is 0 Å². The molecule has 1 unspecified atom stereocenters. The predicted octanol–water partition coefficient (Wildman–Crippen LogP) is 5.36. The second-order valence-corrected chi connectivity index (χ2v) is 13.2. The molecule has 1 atom stereocenters. The van der Waals surface area contributed by atoms with Gasteiger partial charge in [0.25, 0.3) is 10.0 Å². The first-order chi connectivity index (χ1) is 19.7. The maximum Gasteiger partial charge on any atom is 0.264 e. The summed E-state index contributed by atoms with van der Waals surface area (Å²) in [5, 5.41) is 3.13. The maximum absolute atomic E-state index is 14.2. The van der Waals surface area contributed by atoms with E-state index < -0.39 is 28.5 Å². The Hall–Kier alpha value is -3.12. The Morgan fingerprint density at radius 2 is 1.68 bits per heavy atom. The fourth-order valence-corrected chi connectivity index (χ4v) is 6.91. The number of carbonyl (C=O) groups is 2. The van der Waals surface area contributed by atoms with E-state index in [2.05, 4.69) is 27.9 Å². The van der Waals surface area contributed by atoms with E-state index in [9.17, 15) is 18.0 Å². The van der Waals surface area contributed by atoms with Gasteiger partial charge in [-0.1, -0.05) is 50.1 Å². The number of amides is 2. The van der Waals surface area contributed by atoms with Crippen molar-refractivity contribution in [1.82, 2.24) is 10.2 Å². The van der Waals surface area contributed by atoms with E-state index in [0.717, 1.165) is 39.1 Å². The first kappa shape index (κ1) is 30.8. The topological polar surface area (TPSA) is 96.0 Å². The first-order valence-electron chi connectivity index (χ1n) is 13.8. The number of ether oxygens (including phenoxy) is 1. The van der Waals surface area contributed by atoms with Crippen molar-refractivity contribution < 1.29 is 22.7 Å². The van der Waals surface area contributed by atoms with E-state index in [4.69, 9.17) is 4.74 Å². The van der Waals surface area contributed by atoms with Crippen LogP contribution in [0.25, 0.3) is 0 Å². The van der Waals surface area contributed by atoms with E-state index >= 15 is 0 Å². The molecule has 1 fully saturated rings. The van der Waals surface area contributed by atoms with Crippen molar-refractivity contribution in [3.63, 3.8) is 0 Å². The van der Waals surface area contributed by atoms with Crippen molar-refractivity contribution >= 4 is 50.1 Å². The molecular weight excluding hydrogens is 653 g/mol. The van der Waals surface area contributed by atoms with Crippen LogP contribution in [-0.2, 0) is 26.2 Å². The smallest absolute Gasteiger partial charge is 0.264 e. The zero-order valence-electron chi connectivity index (χ0n) is 23.3. The van der Waals surface area contributed by atoms with E-state index in [-0.39, 0.29) is 23.4 Å². The minimum atomic E-state index is -4.09. The summed E-state index contributed by atoms with van der Waals surface area (Å²) < 4.78 is 35.2. The number of nitrogens with one attached hydrogen (secondary N) is 1. The number of anilines is 1. The third kappa shape index (κ3) is 7.79. The van der Waals surface area contributed by atoms with Crippen LogP contribution in [0.5, 0.6) is 5.75 Å². The molecule has 0 saturated heterocycles. The van der Waals surface area contributed by atoms with Crippen LogP contribution in [0.1, 0.15) is 44.6 Å². The van der Waals surface area contributed by atoms with Gasteiger partial charge in [0.1, 0.15) is 18.3 Å². The lowest BCUT2D eigenvalue weighted by molar-refractivity contribution is -0.140. The van der Waals surface area contributed by atoms with Crippen LogP contribution in [0, 0.1) is 3.57 Å². The third-order valence-electron chi connectivity index (χ3n) is 7.30. The normalized spacial score (nSPS) is 14.3. The van der Waals surface area contributed by atoms with Crippen LogP contribution in [0.4, 0.5) is 5.69 Å². The highest BCUT2D eigenvalue weighted by molar-refractivity contribution is 14.1. The van der Waals surface area contributed by atoms with Crippen LogP contribution in [0.3, 0.4) is 0 Å². The molecule has 0 heterocycles. The average molecular weight is 690 g/mol. The molecule has 1 aliphatic rings. The summed E-state index contributed by atoms with van der Waals surface area (Å²) >= 11 is 2.15. The van der Waals surface area contributed by atoms with Gasteiger partial charge in [-0.2, -0.15) is 0 Å². The number of carbonyl (C=O) groups excluding carboxylic acids is 2. The molecule has 4 rings (SSSR count). The summed E-state index contributed by atoms with van der Waals surface area (Å²) in [5.74, 6) is -0.0628. The summed E-state index contributed by atoms with van der Waals surface area (Å²) in [6.07, 6.45) is 4.35. The standard InChI is InChI=1S/C31H36IN3O5S/c1-3-29(31(37)33-25-11-7-8-12-25)34(21-23-10-9-13-27(20-23)40-2)30(36)22-35(26-18-16-24(32)17-19-26)41(38,39)28-14-5-4-6-15-28/h4-6,9-10,13-20,25,29H,3,7-8,11-12,21-22H2,1-2H3,(H,33,37). The van der Waals surface area contributed by atoms with Crippen molar-refractivity contribution in [2.75, 3.05) is 18.0 Å². The van der Waals surface area contributed by atoms with Crippen molar-refractivity contribution in [2.45, 2.75) is 62.6 Å². The van der Waals surface area contributed by atoms with Crippen LogP contribution in [-0.4, -0.2) is 50.9 Å². The quantitative estimate of drug-likeness (QED) is 0.259. The highest BCUT2D eigenvalue weighted by Crippen LogP contribution is 2.26. The summed E-state index contributed by atoms with van der Waals surface area (Å²) in [4.78, 5) is 29.3. The van der Waals surface area contributed by atoms with Crippen molar-refractivity contribution in [3.8, 4) is 5.75 Å². The molecule has 10 heteroatoms. The lowest BCUT2D eigenvalue weighted by Gasteiger charge is -2.33. The van der Waals surface area contributed by atoms with Gasteiger partial charge >= 0.3 is 0 Å². The molecule has 0 aromatic heterocycles. The van der Waals surface area contributed by atoms with Crippen LogP contribution in [0.2, 0.25) is 0 Å². The Balaban J connectivity index is 1.71. The van der Waals surface area contributed by atoms with Gasteiger partial charge in [0.2, 0.25) is 11.8 Å². The monoisotopic (exact) mass is 689 g/mol. The summed E-state index contributed by atoms with van der Waals surface area (Å²) in [6.45, 7) is 1.52. The molecule has 218 valence electrons. The zero-order chi connectivity index (χ0) is 29.4. The van der Waals surface area contributed by atoms with E-state index in [1.807, 2.05) is 31.2 Å². The molecule has 2 amide bonds. The molecule has 3 aromatic rings. The van der Waals surface area contributed by atoms with Gasteiger partial charge in [-0.25, -0.2) is 8.42 Å². The van der Waals surface area contributed by atoms with Gasteiger partial charge in [-0.3, -0.25) is 13.9 Å². The Bertz CT molecular complexity index is 1430. The Morgan fingerprint density at radius 3 is 2.32 bits per heavy atom. The van der Waals surface area contributed by atoms with Crippen LogP contribution < -0.4 is 14.4 Å². The predicted molar refractivity (Wildman–Crippen MR) is 168 cm³/mol. The summed E-state index contributed by atoms with van der Waals surface area (Å²) in [6, 6.07) is 21.7. The maximum atomic E-state index is 14.2. The fraction of sp³-hybridized carbons (Fsp3) is 0.355. The van der Waals surface area contributed by atoms with E-state index in [1.54, 1.807) is 49.6 Å². The van der Waals surface area contributed by atoms with Crippen molar-refractivity contribution in [3.05, 3.63) is 88.0 Å². The molecule has 8 nitrogen and oxygen atoms in total. The minimum absolute atomic E-state index is 0.0803. The molecule has 0 aliphatic heterocycles. The average Bonchev–Trinajstić information content (AvgIpc) is 3.49. The lowest BCUT2D eigenvalue weighted by atomic mass is 10.1. The second kappa shape index (κ2) is 14.2. The molecule has 1 aliphatic carbocycles. The fourth-order valence-electron chi connectivity index (χ4n) is 5.11. The number of hydrogen-bond donors (Lipinski definition) is 1. The third-order valence-corrected chi connectivity index (χ3v) is 9.81. The van der Waals surface area contributed by atoms with Gasteiger partial charge in [-0.05, 0) is 95.9 Å². The SMILES string of the molecule is CCC(C(=O)NC1CCCC1)N(Cc1cccc(OC)c1)C(=O)CN(c1ccc(I)cc1)S(=O)(=O)c1ccccc1. The van der Waals surface area contributed by atoms with E-state index in [1.165, 1.54) is 17.0 Å². The molecule has 0 radical (unpaired) electrons. The van der Waals surface area contributed by atoms with Gasteiger partial charge in [0.15, 0.2) is 0 Å². The number of nitrogens with zero attached hydrogens (tertiary/aromatic N) is 2. The molecule has 1 N–H and O–H groups in total. The Kier molecular flexibility index (Phi) is 10.7. The number of benzene rings is 3. The Morgan fingerprint density at radius 1 is 1.00 bits per heavy atom. The van der Waals surface area contributed by atoms with Gasteiger partial charge in [-0.15, -0.1) is 0 Å². The largest absolute Gasteiger partial charge is 0.497 e. The van der Waals surface area contributed by atoms with E-state index in [0.29, 0.717) is 17.9 Å². The molecular formula is C31H36IN3O5S. The first-order valence-corrected chi connectivity index (χ1v) is 16.3. The van der Waals surface area contributed by atoms with Crippen molar-refractivity contribution in [1.29, 1.82) is 0 Å². The number of halogens is 1. The molecule has 3 aromatic carbocycles. The number of sulfonamides is 1. The lowest BCUT2D eigenvalue weighted by Crippen LogP contribution is -2.53. The van der Waals surface area contributed by atoms with Gasteiger partial charge in [0.05, 0.1) is 17.7 Å². The Labute approximate surface area is 256 Å².